The van der Waals surface area contributed by atoms with E-state index in [1.54, 1.807) is 5.01 Å². The van der Waals surface area contributed by atoms with Crippen LogP contribution in [-0.4, -0.2) is 40.8 Å². The van der Waals surface area contributed by atoms with Crippen molar-refractivity contribution >= 4 is 6.09 Å². The zero-order valence-corrected chi connectivity index (χ0v) is 9.99. The van der Waals surface area contributed by atoms with E-state index < -0.39 is 5.60 Å². The van der Waals surface area contributed by atoms with Gasteiger partial charge in [-0.2, -0.15) is 0 Å². The Balaban J connectivity index is 2.02. The Morgan fingerprint density at radius 2 is 1.87 bits per heavy atom. The van der Waals surface area contributed by atoms with E-state index in [1.807, 2.05) is 32.8 Å². The van der Waals surface area contributed by atoms with E-state index in [2.05, 4.69) is 0 Å². The van der Waals surface area contributed by atoms with Crippen molar-refractivity contribution in [1.29, 1.82) is 0 Å². The predicted octanol–water partition coefficient (Wildman–Crippen LogP) is 2.00. The summed E-state index contributed by atoms with van der Waals surface area (Å²) >= 11 is 0. The zero-order chi connectivity index (χ0) is 11.2. The molecule has 2 unspecified atom stereocenters. The molecule has 0 aromatic heterocycles. The molecule has 0 aromatic rings. The van der Waals surface area contributed by atoms with Gasteiger partial charge in [-0.15, -0.1) is 0 Å². The van der Waals surface area contributed by atoms with Crippen LogP contribution in [0.4, 0.5) is 4.79 Å². The first kappa shape index (κ1) is 10.7. The van der Waals surface area contributed by atoms with Gasteiger partial charge in [-0.25, -0.2) is 14.8 Å². The van der Waals surface area contributed by atoms with Crippen molar-refractivity contribution in [2.24, 2.45) is 0 Å². The SMILES string of the molecule is CN1C2CCC(C2)N1C(=O)OC(C)(C)C. The van der Waals surface area contributed by atoms with Crippen LogP contribution in [0.1, 0.15) is 40.0 Å². The monoisotopic (exact) mass is 212 g/mol. The highest BCUT2D eigenvalue weighted by atomic mass is 16.6. The van der Waals surface area contributed by atoms with Crippen molar-refractivity contribution in [2.75, 3.05) is 7.05 Å². The van der Waals surface area contributed by atoms with Crippen molar-refractivity contribution in [3.8, 4) is 0 Å². The molecular formula is C11H20N2O2. The van der Waals surface area contributed by atoms with E-state index in [0.29, 0.717) is 12.1 Å². The first-order chi connectivity index (χ1) is 6.88. The summed E-state index contributed by atoms with van der Waals surface area (Å²) in [6, 6.07) is 0.914. The van der Waals surface area contributed by atoms with Gasteiger partial charge in [-0.05, 0) is 40.0 Å². The highest BCUT2D eigenvalue weighted by molar-refractivity contribution is 5.68. The molecule has 0 spiro atoms. The van der Waals surface area contributed by atoms with Gasteiger partial charge >= 0.3 is 6.09 Å². The predicted molar refractivity (Wildman–Crippen MR) is 57.3 cm³/mol. The molecule has 2 atom stereocenters. The largest absolute Gasteiger partial charge is 0.443 e. The fraction of sp³-hybridized carbons (Fsp3) is 0.909. The molecular weight excluding hydrogens is 192 g/mol. The Labute approximate surface area is 91.1 Å². The van der Waals surface area contributed by atoms with Crippen molar-refractivity contribution in [3.63, 3.8) is 0 Å². The van der Waals surface area contributed by atoms with E-state index in [0.717, 1.165) is 12.8 Å². The average molecular weight is 212 g/mol. The first-order valence-electron chi connectivity index (χ1n) is 5.63. The van der Waals surface area contributed by atoms with Crippen LogP contribution in [0.15, 0.2) is 0 Å². The molecule has 1 heterocycles. The maximum Gasteiger partial charge on any atom is 0.425 e. The number of rotatable bonds is 0. The number of carbonyl (C=O) groups is 1. The minimum absolute atomic E-state index is 0.197. The van der Waals surface area contributed by atoms with Gasteiger partial charge in [0, 0.05) is 13.1 Å². The third-order valence-electron chi connectivity index (χ3n) is 3.17. The number of fused-ring (bicyclic) bond motifs is 2. The van der Waals surface area contributed by atoms with Crippen LogP contribution in [0.2, 0.25) is 0 Å². The van der Waals surface area contributed by atoms with Crippen LogP contribution in [0.3, 0.4) is 0 Å². The van der Waals surface area contributed by atoms with Gasteiger partial charge in [0.15, 0.2) is 0 Å². The smallest absolute Gasteiger partial charge is 0.425 e. The molecule has 2 rings (SSSR count). The summed E-state index contributed by atoms with van der Waals surface area (Å²) in [5, 5.41) is 3.83. The molecule has 2 fully saturated rings. The molecule has 4 nitrogen and oxygen atoms in total. The number of carbonyl (C=O) groups excluding carboxylic acids is 1. The second-order valence-electron chi connectivity index (χ2n) is 5.52. The molecule has 0 radical (unpaired) electrons. The molecule has 2 aliphatic rings. The van der Waals surface area contributed by atoms with Crippen molar-refractivity contribution in [3.05, 3.63) is 0 Å². The molecule has 4 heteroatoms. The Morgan fingerprint density at radius 1 is 1.27 bits per heavy atom. The summed E-state index contributed by atoms with van der Waals surface area (Å²) in [6.45, 7) is 5.71. The lowest BCUT2D eigenvalue weighted by Gasteiger charge is -2.36. The summed E-state index contributed by atoms with van der Waals surface area (Å²) in [7, 11) is 1.98. The molecule has 1 amide bonds. The minimum atomic E-state index is -0.403. The molecule has 1 aliphatic heterocycles. The second-order valence-corrected chi connectivity index (χ2v) is 5.52. The Morgan fingerprint density at radius 3 is 2.33 bits per heavy atom. The van der Waals surface area contributed by atoms with Gasteiger partial charge in [0.1, 0.15) is 5.60 Å². The minimum Gasteiger partial charge on any atom is -0.443 e. The Bertz CT molecular complexity index is 270. The van der Waals surface area contributed by atoms with Gasteiger partial charge in [0.25, 0.3) is 0 Å². The van der Waals surface area contributed by atoms with Crippen LogP contribution >= 0.6 is 0 Å². The van der Waals surface area contributed by atoms with Crippen LogP contribution in [0.25, 0.3) is 0 Å². The lowest BCUT2D eigenvalue weighted by Crippen LogP contribution is -2.49. The lowest BCUT2D eigenvalue weighted by atomic mass is 10.2. The van der Waals surface area contributed by atoms with Gasteiger partial charge in [-0.1, -0.05) is 0 Å². The molecule has 1 saturated carbocycles. The van der Waals surface area contributed by atoms with E-state index in [4.69, 9.17) is 4.74 Å². The Kier molecular flexibility index (Phi) is 2.41. The molecule has 1 saturated heterocycles. The van der Waals surface area contributed by atoms with Crippen LogP contribution in [0, 0.1) is 0 Å². The normalized spacial score (nSPS) is 31.1. The van der Waals surface area contributed by atoms with Gasteiger partial charge < -0.3 is 4.74 Å². The molecule has 15 heavy (non-hydrogen) atoms. The fourth-order valence-electron chi connectivity index (χ4n) is 2.52. The van der Waals surface area contributed by atoms with E-state index in [-0.39, 0.29) is 6.09 Å². The lowest BCUT2D eigenvalue weighted by molar-refractivity contribution is -0.0539. The second kappa shape index (κ2) is 3.37. The van der Waals surface area contributed by atoms with Crippen molar-refractivity contribution < 1.29 is 9.53 Å². The maximum absolute atomic E-state index is 11.9. The molecule has 1 aliphatic carbocycles. The molecule has 0 N–H and O–H groups in total. The standard InChI is InChI=1S/C11H20N2O2/c1-11(2,3)15-10(14)13-9-6-5-8(7-9)12(13)4/h8-9H,5-7H2,1-4H3. The van der Waals surface area contributed by atoms with Crippen molar-refractivity contribution in [1.82, 2.24) is 10.0 Å². The quantitative estimate of drug-likeness (QED) is 0.615. The van der Waals surface area contributed by atoms with Crippen LogP contribution < -0.4 is 0 Å². The third kappa shape index (κ3) is 1.95. The summed E-state index contributed by atoms with van der Waals surface area (Å²) in [5.41, 5.74) is -0.403. The van der Waals surface area contributed by atoms with Crippen LogP contribution in [-0.2, 0) is 4.74 Å². The highest BCUT2D eigenvalue weighted by Gasteiger charge is 2.46. The van der Waals surface area contributed by atoms with Gasteiger partial charge in [-0.3, -0.25) is 0 Å². The first-order valence-corrected chi connectivity index (χ1v) is 5.63. The molecule has 0 aromatic carbocycles. The fourth-order valence-corrected chi connectivity index (χ4v) is 2.52. The number of hydrogen-bond donors (Lipinski definition) is 0. The highest BCUT2D eigenvalue weighted by Crippen LogP contribution is 2.37. The number of amides is 1. The number of ether oxygens (including phenoxy) is 1. The number of hydrazine groups is 1. The van der Waals surface area contributed by atoms with E-state index in [9.17, 15) is 4.79 Å². The number of hydrogen-bond acceptors (Lipinski definition) is 3. The Hall–Kier alpha value is -0.770. The summed E-state index contributed by atoms with van der Waals surface area (Å²) in [6.07, 6.45) is 3.24. The summed E-state index contributed by atoms with van der Waals surface area (Å²) in [4.78, 5) is 11.9. The third-order valence-corrected chi connectivity index (χ3v) is 3.17. The topological polar surface area (TPSA) is 32.8 Å². The summed E-state index contributed by atoms with van der Waals surface area (Å²) < 4.78 is 5.39. The molecule has 86 valence electrons. The maximum atomic E-state index is 11.9. The van der Waals surface area contributed by atoms with E-state index >= 15 is 0 Å². The van der Waals surface area contributed by atoms with E-state index in [1.165, 1.54) is 6.42 Å². The number of nitrogens with zero attached hydrogens (tertiary/aromatic N) is 2. The summed E-state index contributed by atoms with van der Waals surface area (Å²) in [5.74, 6) is 0. The van der Waals surface area contributed by atoms with Crippen LogP contribution in [0.5, 0.6) is 0 Å². The zero-order valence-electron chi connectivity index (χ0n) is 9.99. The van der Waals surface area contributed by atoms with Gasteiger partial charge in [0.05, 0.1) is 6.04 Å². The molecule has 2 bridgehead atoms. The van der Waals surface area contributed by atoms with Gasteiger partial charge in [0.2, 0.25) is 0 Å². The average Bonchev–Trinajstić information content (AvgIpc) is 2.59. The van der Waals surface area contributed by atoms with Crippen molar-refractivity contribution in [2.45, 2.75) is 57.7 Å².